The van der Waals surface area contributed by atoms with Crippen LogP contribution in [0, 0.1) is 5.82 Å². The molecule has 0 bridgehead atoms. The minimum Gasteiger partial charge on any atom is -0.383 e. The molecule has 3 aromatic rings. The summed E-state index contributed by atoms with van der Waals surface area (Å²) in [6.07, 6.45) is 1.69. The van der Waals surface area contributed by atoms with Crippen molar-refractivity contribution in [2.45, 2.75) is 0 Å². The van der Waals surface area contributed by atoms with E-state index in [-0.39, 0.29) is 5.82 Å². The van der Waals surface area contributed by atoms with E-state index >= 15 is 0 Å². The number of nitrogens with two attached hydrogens (primary N) is 1. The Kier molecular flexibility index (Phi) is 2.95. The van der Waals surface area contributed by atoms with E-state index in [0.717, 1.165) is 11.3 Å². The first-order valence-corrected chi connectivity index (χ1v) is 6.16. The molecule has 1 aromatic carbocycles. The van der Waals surface area contributed by atoms with Gasteiger partial charge in [-0.05, 0) is 24.3 Å². The number of benzene rings is 1. The number of aromatic nitrogens is 3. The number of hydrogen-bond acceptors (Lipinski definition) is 3. The van der Waals surface area contributed by atoms with Crippen molar-refractivity contribution in [2.24, 2.45) is 7.05 Å². The molecular weight excluding hydrogens is 255 g/mol. The molecule has 0 fully saturated rings. The van der Waals surface area contributed by atoms with E-state index in [9.17, 15) is 4.39 Å². The molecule has 3 rings (SSSR count). The average Bonchev–Trinajstić information content (AvgIpc) is 2.76. The summed E-state index contributed by atoms with van der Waals surface area (Å²) in [7, 11) is 1.75. The van der Waals surface area contributed by atoms with Crippen LogP contribution in [0.2, 0.25) is 0 Å². The zero-order valence-electron chi connectivity index (χ0n) is 10.9. The minimum absolute atomic E-state index is 0.307. The molecule has 0 saturated heterocycles. The van der Waals surface area contributed by atoms with Crippen molar-refractivity contribution in [3.63, 3.8) is 0 Å². The Balaban J connectivity index is 2.25. The zero-order valence-corrected chi connectivity index (χ0v) is 10.9. The summed E-state index contributed by atoms with van der Waals surface area (Å²) in [5.41, 5.74) is 8.82. The molecule has 0 saturated carbocycles. The highest BCUT2D eigenvalue weighted by Gasteiger charge is 2.18. The summed E-state index contributed by atoms with van der Waals surface area (Å²) in [5, 5.41) is 4.38. The van der Waals surface area contributed by atoms with Gasteiger partial charge in [0, 0.05) is 18.8 Å². The van der Waals surface area contributed by atoms with Gasteiger partial charge in [0.05, 0.1) is 11.3 Å². The van der Waals surface area contributed by atoms with Crippen LogP contribution in [0.15, 0.2) is 48.7 Å². The van der Waals surface area contributed by atoms with Crippen LogP contribution in [0.5, 0.6) is 0 Å². The Morgan fingerprint density at radius 1 is 1.15 bits per heavy atom. The first-order chi connectivity index (χ1) is 9.66. The van der Waals surface area contributed by atoms with E-state index in [1.807, 2.05) is 18.2 Å². The fourth-order valence-electron chi connectivity index (χ4n) is 2.14. The van der Waals surface area contributed by atoms with Gasteiger partial charge in [-0.2, -0.15) is 5.10 Å². The Bertz CT molecular complexity index is 750. The van der Waals surface area contributed by atoms with Gasteiger partial charge in [-0.15, -0.1) is 0 Å². The Hall–Kier alpha value is -2.69. The van der Waals surface area contributed by atoms with Crippen LogP contribution in [0.4, 0.5) is 10.2 Å². The molecule has 0 aliphatic heterocycles. The number of anilines is 1. The van der Waals surface area contributed by atoms with E-state index in [2.05, 4.69) is 10.1 Å². The average molecular weight is 268 g/mol. The predicted octanol–water partition coefficient (Wildman–Crippen LogP) is 2.87. The summed E-state index contributed by atoms with van der Waals surface area (Å²) < 4.78 is 15.0. The second kappa shape index (κ2) is 4.77. The number of nitrogens with zero attached hydrogens (tertiary/aromatic N) is 3. The molecule has 0 radical (unpaired) electrons. The molecule has 100 valence electrons. The van der Waals surface area contributed by atoms with Gasteiger partial charge in [0.15, 0.2) is 0 Å². The first-order valence-electron chi connectivity index (χ1n) is 6.16. The highest BCUT2D eigenvalue weighted by atomic mass is 19.1. The molecule has 0 amide bonds. The third-order valence-corrected chi connectivity index (χ3v) is 3.11. The maximum Gasteiger partial charge on any atom is 0.131 e. The summed E-state index contributed by atoms with van der Waals surface area (Å²) in [6.45, 7) is 0. The second-order valence-corrected chi connectivity index (χ2v) is 4.46. The lowest BCUT2D eigenvalue weighted by atomic mass is 10.0. The summed E-state index contributed by atoms with van der Waals surface area (Å²) in [4.78, 5) is 4.30. The molecule has 0 aliphatic carbocycles. The van der Waals surface area contributed by atoms with Crippen molar-refractivity contribution in [1.82, 2.24) is 14.8 Å². The van der Waals surface area contributed by atoms with Gasteiger partial charge in [0.2, 0.25) is 0 Å². The monoisotopic (exact) mass is 268 g/mol. The highest BCUT2D eigenvalue weighted by Crippen LogP contribution is 2.34. The molecule has 0 unspecified atom stereocenters. The van der Waals surface area contributed by atoms with Gasteiger partial charge >= 0.3 is 0 Å². The van der Waals surface area contributed by atoms with Gasteiger partial charge in [-0.1, -0.05) is 18.2 Å². The van der Waals surface area contributed by atoms with E-state index in [4.69, 9.17) is 5.73 Å². The van der Waals surface area contributed by atoms with Crippen molar-refractivity contribution in [1.29, 1.82) is 0 Å². The maximum absolute atomic E-state index is 13.4. The quantitative estimate of drug-likeness (QED) is 0.777. The molecule has 4 nitrogen and oxygen atoms in total. The molecule has 0 aliphatic rings. The number of pyridine rings is 1. The molecule has 0 atom stereocenters. The number of nitrogen functional groups attached to an aromatic ring is 1. The molecule has 5 heteroatoms. The van der Waals surface area contributed by atoms with Gasteiger partial charge in [-0.25, -0.2) is 4.39 Å². The molecule has 0 spiro atoms. The minimum atomic E-state index is -0.307. The van der Waals surface area contributed by atoms with Crippen molar-refractivity contribution >= 4 is 5.82 Å². The first kappa shape index (κ1) is 12.3. The topological polar surface area (TPSA) is 56.7 Å². The molecular formula is C15H13FN4. The standard InChI is InChI=1S/C15H13FN4/c1-20-15(17)13(12-7-2-3-8-18-12)14(19-20)10-5-4-6-11(16)9-10/h2-9H,17H2,1H3. The van der Waals surface area contributed by atoms with Crippen molar-refractivity contribution in [2.75, 3.05) is 5.73 Å². The lowest BCUT2D eigenvalue weighted by Gasteiger charge is -2.03. The van der Waals surface area contributed by atoms with Crippen molar-refractivity contribution in [3.05, 3.63) is 54.5 Å². The lowest BCUT2D eigenvalue weighted by Crippen LogP contribution is -1.98. The molecule has 2 N–H and O–H groups in total. The molecule has 2 heterocycles. The van der Waals surface area contributed by atoms with Crippen LogP contribution in [0.3, 0.4) is 0 Å². The van der Waals surface area contributed by atoms with Crippen molar-refractivity contribution < 1.29 is 4.39 Å². The third-order valence-electron chi connectivity index (χ3n) is 3.11. The fourth-order valence-corrected chi connectivity index (χ4v) is 2.14. The van der Waals surface area contributed by atoms with Crippen LogP contribution >= 0.6 is 0 Å². The van der Waals surface area contributed by atoms with Crippen LogP contribution in [0.1, 0.15) is 0 Å². The normalized spacial score (nSPS) is 10.7. The van der Waals surface area contributed by atoms with E-state index in [1.165, 1.54) is 12.1 Å². The van der Waals surface area contributed by atoms with Gasteiger partial charge in [0.1, 0.15) is 17.3 Å². The molecule has 2 aromatic heterocycles. The third kappa shape index (κ3) is 2.03. The van der Waals surface area contributed by atoms with Crippen LogP contribution in [0.25, 0.3) is 22.5 Å². The van der Waals surface area contributed by atoms with Gasteiger partial charge in [0.25, 0.3) is 0 Å². The summed E-state index contributed by atoms with van der Waals surface area (Å²) in [5.74, 6) is 0.196. The number of aryl methyl sites for hydroxylation is 1. The molecule has 20 heavy (non-hydrogen) atoms. The Morgan fingerprint density at radius 3 is 2.70 bits per heavy atom. The number of halogens is 1. The van der Waals surface area contributed by atoms with E-state index < -0.39 is 0 Å². The van der Waals surface area contributed by atoms with Crippen molar-refractivity contribution in [3.8, 4) is 22.5 Å². The number of hydrogen-bond donors (Lipinski definition) is 1. The van der Waals surface area contributed by atoms with Crippen LogP contribution in [-0.2, 0) is 7.05 Å². The second-order valence-electron chi connectivity index (χ2n) is 4.46. The highest BCUT2D eigenvalue weighted by molar-refractivity contribution is 5.86. The SMILES string of the molecule is Cn1nc(-c2cccc(F)c2)c(-c2ccccn2)c1N. The maximum atomic E-state index is 13.4. The number of rotatable bonds is 2. The van der Waals surface area contributed by atoms with E-state index in [0.29, 0.717) is 17.1 Å². The zero-order chi connectivity index (χ0) is 14.1. The van der Waals surface area contributed by atoms with Crippen LogP contribution < -0.4 is 5.73 Å². The Morgan fingerprint density at radius 2 is 2.00 bits per heavy atom. The van der Waals surface area contributed by atoms with Crippen LogP contribution in [-0.4, -0.2) is 14.8 Å². The fraction of sp³-hybridized carbons (Fsp3) is 0.0667. The predicted molar refractivity (Wildman–Crippen MR) is 76.2 cm³/mol. The Labute approximate surface area is 115 Å². The van der Waals surface area contributed by atoms with E-state index in [1.54, 1.807) is 30.1 Å². The van der Waals surface area contributed by atoms with Gasteiger partial charge in [-0.3, -0.25) is 9.67 Å². The lowest BCUT2D eigenvalue weighted by molar-refractivity contribution is 0.628. The largest absolute Gasteiger partial charge is 0.383 e. The van der Waals surface area contributed by atoms with Gasteiger partial charge < -0.3 is 5.73 Å². The summed E-state index contributed by atoms with van der Waals surface area (Å²) in [6, 6.07) is 11.9. The smallest absolute Gasteiger partial charge is 0.131 e. The summed E-state index contributed by atoms with van der Waals surface area (Å²) >= 11 is 0.